The SMILES string of the molecule is Cc1cccc(OCc2ccc(CNC(C)(C)C)o2)c1. The van der Waals surface area contributed by atoms with E-state index in [1.165, 1.54) is 5.56 Å². The maximum absolute atomic E-state index is 5.74. The molecule has 0 fully saturated rings. The molecule has 1 aromatic carbocycles. The van der Waals surface area contributed by atoms with E-state index in [-0.39, 0.29) is 5.54 Å². The molecule has 2 aromatic rings. The van der Waals surface area contributed by atoms with Gasteiger partial charge in [0.15, 0.2) is 0 Å². The van der Waals surface area contributed by atoms with E-state index in [4.69, 9.17) is 9.15 Å². The van der Waals surface area contributed by atoms with Gasteiger partial charge in [-0.2, -0.15) is 0 Å². The first kappa shape index (κ1) is 14.7. The lowest BCUT2D eigenvalue weighted by Crippen LogP contribution is -2.34. The van der Waals surface area contributed by atoms with E-state index in [0.29, 0.717) is 6.61 Å². The van der Waals surface area contributed by atoms with Crippen molar-refractivity contribution in [3.8, 4) is 5.75 Å². The van der Waals surface area contributed by atoms with E-state index in [1.54, 1.807) is 0 Å². The van der Waals surface area contributed by atoms with Gasteiger partial charge in [-0.1, -0.05) is 12.1 Å². The van der Waals surface area contributed by atoms with Gasteiger partial charge in [0.05, 0.1) is 6.54 Å². The molecule has 0 aliphatic carbocycles. The topological polar surface area (TPSA) is 34.4 Å². The monoisotopic (exact) mass is 273 g/mol. The fourth-order valence-electron chi connectivity index (χ4n) is 1.81. The molecule has 0 atom stereocenters. The molecule has 0 amide bonds. The normalized spacial score (nSPS) is 11.6. The van der Waals surface area contributed by atoms with Crippen molar-refractivity contribution in [2.24, 2.45) is 0 Å². The number of rotatable bonds is 5. The summed E-state index contributed by atoms with van der Waals surface area (Å²) in [5, 5.41) is 3.40. The highest BCUT2D eigenvalue weighted by Gasteiger charge is 2.10. The van der Waals surface area contributed by atoms with E-state index >= 15 is 0 Å². The van der Waals surface area contributed by atoms with Crippen molar-refractivity contribution >= 4 is 0 Å². The summed E-state index contributed by atoms with van der Waals surface area (Å²) in [6.07, 6.45) is 0. The highest BCUT2D eigenvalue weighted by molar-refractivity contribution is 5.27. The van der Waals surface area contributed by atoms with E-state index < -0.39 is 0 Å². The summed E-state index contributed by atoms with van der Waals surface area (Å²) in [6.45, 7) is 9.65. The van der Waals surface area contributed by atoms with Gasteiger partial charge >= 0.3 is 0 Å². The molecule has 0 aliphatic rings. The van der Waals surface area contributed by atoms with Crippen molar-refractivity contribution in [3.63, 3.8) is 0 Å². The third-order valence-electron chi connectivity index (χ3n) is 2.88. The molecule has 1 N–H and O–H groups in total. The Balaban J connectivity index is 1.87. The first-order valence-electron chi connectivity index (χ1n) is 6.94. The summed E-state index contributed by atoms with van der Waals surface area (Å²) < 4.78 is 11.5. The van der Waals surface area contributed by atoms with Gasteiger partial charge in [-0.25, -0.2) is 0 Å². The highest BCUT2D eigenvalue weighted by atomic mass is 16.5. The Bertz CT molecular complexity index is 552. The van der Waals surface area contributed by atoms with Crippen molar-refractivity contribution in [1.29, 1.82) is 0 Å². The van der Waals surface area contributed by atoms with Gasteiger partial charge in [0.25, 0.3) is 0 Å². The molecular weight excluding hydrogens is 250 g/mol. The summed E-state index contributed by atoms with van der Waals surface area (Å²) >= 11 is 0. The quantitative estimate of drug-likeness (QED) is 0.892. The van der Waals surface area contributed by atoms with Crippen molar-refractivity contribution in [2.75, 3.05) is 0 Å². The number of hydrogen-bond donors (Lipinski definition) is 1. The first-order chi connectivity index (χ1) is 9.42. The minimum Gasteiger partial charge on any atom is -0.486 e. The molecule has 2 rings (SSSR count). The summed E-state index contributed by atoms with van der Waals surface area (Å²) in [6, 6.07) is 12.0. The van der Waals surface area contributed by atoms with E-state index in [1.807, 2.05) is 30.3 Å². The molecule has 0 bridgehead atoms. The van der Waals surface area contributed by atoms with Gasteiger partial charge in [-0.3, -0.25) is 0 Å². The second-order valence-corrected chi connectivity index (χ2v) is 6.08. The summed E-state index contributed by atoms with van der Waals surface area (Å²) in [5.74, 6) is 2.65. The maximum atomic E-state index is 5.74. The number of aryl methyl sites for hydroxylation is 1. The second-order valence-electron chi connectivity index (χ2n) is 6.08. The molecule has 0 radical (unpaired) electrons. The van der Waals surface area contributed by atoms with Gasteiger partial charge in [0.2, 0.25) is 0 Å². The smallest absolute Gasteiger partial charge is 0.146 e. The molecule has 3 nitrogen and oxygen atoms in total. The van der Waals surface area contributed by atoms with Crippen LogP contribution in [0.3, 0.4) is 0 Å². The van der Waals surface area contributed by atoms with Gasteiger partial charge < -0.3 is 14.5 Å². The van der Waals surface area contributed by atoms with E-state index in [2.05, 4.69) is 39.1 Å². The summed E-state index contributed by atoms with van der Waals surface area (Å²) in [4.78, 5) is 0. The zero-order valence-electron chi connectivity index (χ0n) is 12.7. The Kier molecular flexibility index (Phi) is 4.50. The third-order valence-corrected chi connectivity index (χ3v) is 2.88. The van der Waals surface area contributed by atoms with Gasteiger partial charge in [0.1, 0.15) is 23.9 Å². The molecule has 0 aliphatic heterocycles. The Morgan fingerprint density at radius 2 is 1.85 bits per heavy atom. The van der Waals surface area contributed by atoms with Crippen LogP contribution in [0.2, 0.25) is 0 Å². The lowest BCUT2D eigenvalue weighted by Gasteiger charge is -2.19. The van der Waals surface area contributed by atoms with Gasteiger partial charge in [-0.15, -0.1) is 0 Å². The second kappa shape index (κ2) is 6.14. The van der Waals surface area contributed by atoms with Crippen molar-refractivity contribution in [3.05, 3.63) is 53.5 Å². The lowest BCUT2D eigenvalue weighted by atomic mass is 10.1. The third kappa shape index (κ3) is 4.74. The molecule has 108 valence electrons. The van der Waals surface area contributed by atoms with Crippen LogP contribution in [-0.2, 0) is 13.2 Å². The van der Waals surface area contributed by atoms with E-state index in [9.17, 15) is 0 Å². The number of furan rings is 1. The molecular formula is C17H23NO2. The van der Waals surface area contributed by atoms with Crippen molar-refractivity contribution < 1.29 is 9.15 Å². The number of ether oxygens (including phenoxy) is 1. The average molecular weight is 273 g/mol. The Morgan fingerprint density at radius 1 is 1.10 bits per heavy atom. The van der Waals surface area contributed by atoms with Crippen LogP contribution in [0.15, 0.2) is 40.8 Å². The molecule has 3 heteroatoms. The van der Waals surface area contributed by atoms with Crippen molar-refractivity contribution in [1.82, 2.24) is 5.32 Å². The molecule has 0 saturated heterocycles. The zero-order valence-corrected chi connectivity index (χ0v) is 12.7. The van der Waals surface area contributed by atoms with Crippen LogP contribution in [0.4, 0.5) is 0 Å². The average Bonchev–Trinajstić information content (AvgIpc) is 2.81. The van der Waals surface area contributed by atoms with Crippen LogP contribution < -0.4 is 10.1 Å². The highest BCUT2D eigenvalue weighted by Crippen LogP contribution is 2.16. The van der Waals surface area contributed by atoms with Crippen LogP contribution in [0.5, 0.6) is 5.75 Å². The molecule has 0 unspecified atom stereocenters. The fourth-order valence-corrected chi connectivity index (χ4v) is 1.81. The minimum absolute atomic E-state index is 0.0883. The number of nitrogens with one attached hydrogen (secondary N) is 1. The predicted molar refractivity (Wildman–Crippen MR) is 80.8 cm³/mol. The van der Waals surface area contributed by atoms with Crippen LogP contribution in [0, 0.1) is 6.92 Å². The van der Waals surface area contributed by atoms with Crippen LogP contribution in [-0.4, -0.2) is 5.54 Å². The van der Waals surface area contributed by atoms with Gasteiger partial charge in [0, 0.05) is 5.54 Å². The Morgan fingerprint density at radius 3 is 2.55 bits per heavy atom. The molecule has 20 heavy (non-hydrogen) atoms. The fraction of sp³-hybridized carbons (Fsp3) is 0.412. The van der Waals surface area contributed by atoms with Crippen LogP contribution in [0.25, 0.3) is 0 Å². The minimum atomic E-state index is 0.0883. The lowest BCUT2D eigenvalue weighted by molar-refractivity contribution is 0.263. The van der Waals surface area contributed by atoms with Crippen molar-refractivity contribution in [2.45, 2.75) is 46.4 Å². The Hall–Kier alpha value is -1.74. The first-order valence-corrected chi connectivity index (χ1v) is 6.94. The number of benzene rings is 1. The standard InChI is InChI=1S/C17H23NO2/c1-13-6-5-7-14(10-13)19-12-16-9-8-15(20-16)11-18-17(2,3)4/h5-10,18H,11-12H2,1-4H3. The predicted octanol–water partition coefficient (Wildman–Crippen LogP) is 4.06. The molecule has 0 spiro atoms. The molecule has 1 aromatic heterocycles. The zero-order chi connectivity index (χ0) is 14.6. The largest absolute Gasteiger partial charge is 0.486 e. The Labute approximate surface area is 121 Å². The van der Waals surface area contributed by atoms with Crippen LogP contribution >= 0.6 is 0 Å². The van der Waals surface area contributed by atoms with E-state index in [0.717, 1.165) is 23.8 Å². The summed E-state index contributed by atoms with van der Waals surface area (Å²) in [7, 11) is 0. The van der Waals surface area contributed by atoms with Gasteiger partial charge in [-0.05, 0) is 57.5 Å². The maximum Gasteiger partial charge on any atom is 0.146 e. The summed E-state index contributed by atoms with van der Waals surface area (Å²) in [5.41, 5.74) is 1.28. The molecule has 0 saturated carbocycles. The molecule has 1 heterocycles. The number of hydrogen-bond acceptors (Lipinski definition) is 3. The van der Waals surface area contributed by atoms with Crippen LogP contribution in [0.1, 0.15) is 37.9 Å².